The monoisotopic (exact) mass is 425 g/mol. The number of hydrogen-bond acceptors (Lipinski definition) is 2. The van der Waals surface area contributed by atoms with Gasteiger partial charge >= 0.3 is 0 Å². The summed E-state index contributed by atoms with van der Waals surface area (Å²) < 4.78 is 2.08. The molecular formula is C29H35N3. The van der Waals surface area contributed by atoms with Gasteiger partial charge in [-0.1, -0.05) is 102 Å². The van der Waals surface area contributed by atoms with Gasteiger partial charge in [-0.2, -0.15) is 0 Å². The zero-order valence-electron chi connectivity index (χ0n) is 20.4. The summed E-state index contributed by atoms with van der Waals surface area (Å²) in [5, 5.41) is 10.2. The van der Waals surface area contributed by atoms with Crippen LogP contribution in [0.15, 0.2) is 66.7 Å². The number of aryl methyl sites for hydroxylation is 1. The molecule has 0 aliphatic carbocycles. The van der Waals surface area contributed by atoms with Crippen molar-refractivity contribution in [1.29, 1.82) is 5.41 Å². The maximum atomic E-state index is 9.31. The highest BCUT2D eigenvalue weighted by atomic mass is 15.1. The summed E-state index contributed by atoms with van der Waals surface area (Å²) in [7, 11) is 0. The molecule has 0 bridgehead atoms. The third-order valence-corrected chi connectivity index (χ3v) is 5.75. The van der Waals surface area contributed by atoms with Gasteiger partial charge in [-0.15, -0.1) is 0 Å². The lowest BCUT2D eigenvalue weighted by molar-refractivity contribution is 0.788. The number of aromatic nitrogens is 2. The highest BCUT2D eigenvalue weighted by Crippen LogP contribution is 2.33. The molecule has 0 unspecified atom stereocenters. The Morgan fingerprint density at radius 2 is 1.31 bits per heavy atom. The van der Waals surface area contributed by atoms with Gasteiger partial charge in [0.25, 0.3) is 0 Å². The molecule has 166 valence electrons. The maximum Gasteiger partial charge on any atom is 0.146 e. The highest BCUT2D eigenvalue weighted by molar-refractivity contribution is 5.83. The normalized spacial score (nSPS) is 11.0. The van der Waals surface area contributed by atoms with Crippen LogP contribution in [0.25, 0.3) is 28.0 Å². The van der Waals surface area contributed by atoms with Gasteiger partial charge in [0.1, 0.15) is 11.3 Å². The molecule has 0 radical (unpaired) electrons. The molecular weight excluding hydrogens is 390 g/mol. The SMILES string of the molecule is CC.Cc1cccc2nc(-c3ccccc3)n(-c3c(C(C)C)cccc3C(C)C)c(=N)c12. The van der Waals surface area contributed by atoms with E-state index < -0.39 is 0 Å². The summed E-state index contributed by atoms with van der Waals surface area (Å²) in [6.45, 7) is 14.9. The minimum atomic E-state index is 0.335. The number of nitrogens with zero attached hydrogens (tertiary/aromatic N) is 2. The van der Waals surface area contributed by atoms with Crippen molar-refractivity contribution in [3.63, 3.8) is 0 Å². The minimum Gasteiger partial charge on any atom is -0.283 e. The van der Waals surface area contributed by atoms with Crippen molar-refractivity contribution in [3.8, 4) is 17.1 Å². The molecule has 0 amide bonds. The van der Waals surface area contributed by atoms with Crippen LogP contribution in [-0.2, 0) is 0 Å². The van der Waals surface area contributed by atoms with Crippen LogP contribution in [-0.4, -0.2) is 9.55 Å². The smallest absolute Gasteiger partial charge is 0.146 e. The Morgan fingerprint density at radius 1 is 0.750 bits per heavy atom. The Bertz CT molecular complexity index is 1240. The van der Waals surface area contributed by atoms with Crippen molar-refractivity contribution in [2.24, 2.45) is 0 Å². The van der Waals surface area contributed by atoms with Crippen molar-refractivity contribution >= 4 is 10.9 Å². The van der Waals surface area contributed by atoms with Crippen LogP contribution >= 0.6 is 0 Å². The Morgan fingerprint density at radius 3 is 1.88 bits per heavy atom. The van der Waals surface area contributed by atoms with E-state index in [1.54, 1.807) is 0 Å². The Labute approximate surface area is 192 Å². The highest BCUT2D eigenvalue weighted by Gasteiger charge is 2.21. The lowest BCUT2D eigenvalue weighted by Gasteiger charge is -2.24. The summed E-state index contributed by atoms with van der Waals surface area (Å²) in [6.07, 6.45) is 0. The fourth-order valence-electron chi connectivity index (χ4n) is 4.20. The van der Waals surface area contributed by atoms with Crippen LogP contribution in [0.1, 0.15) is 70.1 Å². The van der Waals surface area contributed by atoms with Gasteiger partial charge < -0.3 is 0 Å². The van der Waals surface area contributed by atoms with Gasteiger partial charge in [0.15, 0.2) is 0 Å². The lowest BCUT2D eigenvalue weighted by Crippen LogP contribution is -2.25. The fraction of sp³-hybridized carbons (Fsp3) is 0.310. The molecule has 0 aliphatic heterocycles. The molecule has 0 fully saturated rings. The van der Waals surface area contributed by atoms with E-state index in [9.17, 15) is 5.41 Å². The summed E-state index contributed by atoms with van der Waals surface area (Å²) >= 11 is 0. The number of hydrogen-bond donors (Lipinski definition) is 1. The summed E-state index contributed by atoms with van der Waals surface area (Å²) in [6, 6.07) is 22.8. The zero-order valence-corrected chi connectivity index (χ0v) is 20.4. The number of rotatable bonds is 4. The Hall–Kier alpha value is -3.20. The molecule has 1 N–H and O–H groups in total. The van der Waals surface area contributed by atoms with Crippen LogP contribution < -0.4 is 5.49 Å². The third-order valence-electron chi connectivity index (χ3n) is 5.75. The summed E-state index contributed by atoms with van der Waals surface area (Å²) in [5.74, 6) is 1.48. The first-order valence-corrected chi connectivity index (χ1v) is 11.7. The predicted molar refractivity (Wildman–Crippen MR) is 137 cm³/mol. The molecule has 4 rings (SSSR count). The molecule has 0 aliphatic rings. The van der Waals surface area contributed by atoms with Crippen molar-refractivity contribution < 1.29 is 0 Å². The van der Waals surface area contributed by atoms with E-state index in [1.807, 2.05) is 44.2 Å². The summed E-state index contributed by atoms with van der Waals surface area (Å²) in [5.41, 5.74) is 7.03. The Balaban J connectivity index is 0.00000141. The molecule has 0 spiro atoms. The molecule has 32 heavy (non-hydrogen) atoms. The molecule has 3 aromatic carbocycles. The second kappa shape index (κ2) is 9.95. The van der Waals surface area contributed by atoms with Gasteiger partial charge in [0.2, 0.25) is 0 Å². The number of para-hydroxylation sites is 1. The van der Waals surface area contributed by atoms with Crippen LogP contribution in [0.3, 0.4) is 0 Å². The fourth-order valence-corrected chi connectivity index (χ4v) is 4.20. The molecule has 4 aromatic rings. The van der Waals surface area contributed by atoms with Crippen LogP contribution in [0.5, 0.6) is 0 Å². The van der Waals surface area contributed by atoms with Gasteiger partial charge in [-0.25, -0.2) is 4.98 Å². The molecule has 3 nitrogen and oxygen atoms in total. The first-order chi connectivity index (χ1) is 15.4. The van der Waals surface area contributed by atoms with Crippen LogP contribution in [0.2, 0.25) is 0 Å². The minimum absolute atomic E-state index is 0.335. The number of nitrogens with one attached hydrogen (secondary N) is 1. The Kier molecular flexibility index (Phi) is 7.29. The average Bonchev–Trinajstić information content (AvgIpc) is 2.80. The van der Waals surface area contributed by atoms with Crippen molar-refractivity contribution in [1.82, 2.24) is 9.55 Å². The topological polar surface area (TPSA) is 41.7 Å². The van der Waals surface area contributed by atoms with Crippen molar-refractivity contribution in [2.45, 2.75) is 60.3 Å². The number of fused-ring (bicyclic) bond motifs is 1. The zero-order chi connectivity index (χ0) is 23.4. The molecule has 0 saturated heterocycles. The molecule has 0 saturated carbocycles. The lowest BCUT2D eigenvalue weighted by atomic mass is 9.92. The van der Waals surface area contributed by atoms with E-state index in [-0.39, 0.29) is 0 Å². The molecule has 1 heterocycles. The van der Waals surface area contributed by atoms with E-state index in [4.69, 9.17) is 4.98 Å². The largest absolute Gasteiger partial charge is 0.283 e. The first-order valence-electron chi connectivity index (χ1n) is 11.7. The average molecular weight is 426 g/mol. The van der Waals surface area contributed by atoms with Gasteiger partial charge in [-0.3, -0.25) is 9.98 Å². The quantitative estimate of drug-likeness (QED) is 0.357. The van der Waals surface area contributed by atoms with Crippen LogP contribution in [0.4, 0.5) is 0 Å². The molecule has 3 heteroatoms. The predicted octanol–water partition coefficient (Wildman–Crippen LogP) is 7.75. The number of benzene rings is 3. The van der Waals surface area contributed by atoms with E-state index in [0.717, 1.165) is 33.5 Å². The van der Waals surface area contributed by atoms with Crippen molar-refractivity contribution in [2.75, 3.05) is 0 Å². The standard InChI is InChI=1S/C27H29N3.C2H6/c1-17(2)21-14-10-15-22(18(3)4)25(21)30-26(28)24-19(5)11-9-16-23(24)29-27(30)20-12-7-6-8-13-20;1-2/h6-18,28H,1-5H3;1-2H3. The van der Waals surface area contributed by atoms with E-state index >= 15 is 0 Å². The van der Waals surface area contributed by atoms with Gasteiger partial charge in [-0.05, 0) is 41.5 Å². The first kappa shape index (κ1) is 23.5. The van der Waals surface area contributed by atoms with Gasteiger partial charge in [0, 0.05) is 10.9 Å². The van der Waals surface area contributed by atoms with Crippen LogP contribution in [0, 0.1) is 12.3 Å². The molecule has 0 atom stereocenters. The maximum absolute atomic E-state index is 9.31. The van der Waals surface area contributed by atoms with Crippen molar-refractivity contribution in [3.05, 3.63) is 88.9 Å². The third kappa shape index (κ3) is 4.25. The second-order valence-electron chi connectivity index (χ2n) is 8.55. The van der Waals surface area contributed by atoms with E-state index in [1.165, 1.54) is 11.1 Å². The molecule has 1 aromatic heterocycles. The van der Waals surface area contributed by atoms with E-state index in [2.05, 4.69) is 75.6 Å². The summed E-state index contributed by atoms with van der Waals surface area (Å²) in [4.78, 5) is 5.09. The van der Waals surface area contributed by atoms with E-state index in [0.29, 0.717) is 17.3 Å². The second-order valence-corrected chi connectivity index (χ2v) is 8.55. The van der Waals surface area contributed by atoms with Gasteiger partial charge in [0.05, 0.1) is 11.2 Å².